The first kappa shape index (κ1) is 41.2. The number of aromatic nitrogens is 4. The van der Waals surface area contributed by atoms with E-state index in [1.807, 2.05) is 60.7 Å². The normalized spacial score (nSPS) is 19.6. The lowest BCUT2D eigenvalue weighted by Crippen LogP contribution is -2.55. The Kier molecular flexibility index (Phi) is 12.6. The zero-order valence-corrected chi connectivity index (χ0v) is 32.5. The highest BCUT2D eigenvalue weighted by atomic mass is 19.3. The van der Waals surface area contributed by atoms with Crippen molar-refractivity contribution >= 4 is 46.3 Å². The Morgan fingerprint density at radius 1 is 0.650 bits per heavy atom. The van der Waals surface area contributed by atoms with E-state index in [1.165, 1.54) is 6.20 Å². The number of alkyl halides is 2. The average Bonchev–Trinajstić information content (AvgIpc) is 3.92. The largest absolute Gasteiger partial charge is 0.379 e. The molecular formula is C42H46F2N12O4. The molecule has 4 aromatic heterocycles. The van der Waals surface area contributed by atoms with Gasteiger partial charge < -0.3 is 53.2 Å². The van der Waals surface area contributed by atoms with Crippen molar-refractivity contribution < 1.29 is 27.4 Å². The van der Waals surface area contributed by atoms with Crippen molar-refractivity contribution in [2.24, 2.45) is 22.9 Å². The van der Waals surface area contributed by atoms with Crippen LogP contribution in [0, 0.1) is 0 Å². The molecule has 2 aliphatic carbocycles. The van der Waals surface area contributed by atoms with Gasteiger partial charge in [0.1, 0.15) is 11.4 Å². The molecule has 6 aromatic rings. The monoisotopic (exact) mass is 820 g/mol. The number of amides is 2. The number of nitrogens with zero attached hydrogens (tertiary/aromatic N) is 4. The molecule has 2 fully saturated rings. The van der Waals surface area contributed by atoms with Crippen LogP contribution in [-0.4, -0.2) is 62.2 Å². The Morgan fingerprint density at radius 2 is 1.12 bits per heavy atom. The molecule has 16 nitrogen and oxygen atoms in total. The molecule has 0 aliphatic heterocycles. The fraction of sp³-hybridized carbons (Fsp3) is 0.286. The van der Waals surface area contributed by atoms with Gasteiger partial charge in [-0.15, -0.1) is 0 Å². The summed E-state index contributed by atoms with van der Waals surface area (Å²) in [6.07, 6.45) is 7.89. The van der Waals surface area contributed by atoms with E-state index in [2.05, 4.69) is 41.5 Å². The molecule has 12 N–H and O–H groups in total. The van der Waals surface area contributed by atoms with Crippen molar-refractivity contribution in [3.8, 4) is 22.5 Å². The lowest BCUT2D eigenvalue weighted by molar-refractivity contribution is -0.0554. The van der Waals surface area contributed by atoms with Crippen molar-refractivity contribution in [3.05, 3.63) is 109 Å². The molecule has 0 saturated heterocycles. The zero-order chi connectivity index (χ0) is 42.2. The number of carbonyl (C=O) groups excluding carboxylic acids is 2. The molecule has 0 radical (unpaired) electrons. The van der Waals surface area contributed by atoms with Crippen LogP contribution in [0.2, 0.25) is 0 Å². The third-order valence-corrected chi connectivity index (χ3v) is 10.4. The predicted molar refractivity (Wildman–Crippen MR) is 224 cm³/mol. The Morgan fingerprint density at radius 3 is 1.60 bits per heavy atom. The number of nitrogens with two attached hydrogens (primary N) is 4. The van der Waals surface area contributed by atoms with E-state index < -0.39 is 29.8 Å². The molecule has 312 valence electrons. The predicted octanol–water partition coefficient (Wildman–Crippen LogP) is 6.77. The lowest BCUT2D eigenvalue weighted by atomic mass is 9.87. The molecule has 2 aromatic carbocycles. The summed E-state index contributed by atoms with van der Waals surface area (Å²) in [5, 5.41) is 20.5. The zero-order valence-electron chi connectivity index (χ0n) is 32.5. The Bertz CT molecular complexity index is 2390. The second-order valence-electron chi connectivity index (χ2n) is 14.7. The number of halogens is 2. The van der Waals surface area contributed by atoms with Crippen molar-refractivity contribution in [2.45, 2.75) is 75.0 Å². The number of primary amides is 2. The second-order valence-corrected chi connectivity index (χ2v) is 14.7. The van der Waals surface area contributed by atoms with Gasteiger partial charge in [-0.25, -0.2) is 18.7 Å². The van der Waals surface area contributed by atoms with E-state index in [9.17, 15) is 18.4 Å². The first-order valence-corrected chi connectivity index (χ1v) is 19.5. The number of benzene rings is 2. The summed E-state index contributed by atoms with van der Waals surface area (Å²) in [5.41, 5.74) is 28.0. The smallest absolute Gasteiger partial charge is 0.269 e. The molecule has 18 heteroatoms. The van der Waals surface area contributed by atoms with Crippen molar-refractivity contribution in [2.75, 3.05) is 21.3 Å². The van der Waals surface area contributed by atoms with Crippen LogP contribution in [0.1, 0.15) is 65.9 Å². The maximum absolute atomic E-state index is 14.0. The highest BCUT2D eigenvalue weighted by Crippen LogP contribution is 2.35. The van der Waals surface area contributed by atoms with Gasteiger partial charge in [0.15, 0.2) is 11.4 Å². The highest BCUT2D eigenvalue weighted by molar-refractivity contribution is 5.98. The lowest BCUT2D eigenvalue weighted by Gasteiger charge is -2.36. The summed E-state index contributed by atoms with van der Waals surface area (Å²) >= 11 is 0. The maximum Gasteiger partial charge on any atom is 0.269 e. The molecule has 8 rings (SSSR count). The van der Waals surface area contributed by atoms with Gasteiger partial charge in [0, 0.05) is 47.8 Å². The number of hydrogen-bond acceptors (Lipinski definition) is 14. The van der Waals surface area contributed by atoms with Crippen LogP contribution in [0.4, 0.5) is 43.3 Å². The summed E-state index contributed by atoms with van der Waals surface area (Å²) in [6.45, 7) is 0. The number of nitrogens with one attached hydrogen (secondary N) is 4. The molecule has 60 heavy (non-hydrogen) atoms. The van der Waals surface area contributed by atoms with Gasteiger partial charge in [-0.2, -0.15) is 0 Å². The van der Waals surface area contributed by atoms with Crippen LogP contribution in [0.25, 0.3) is 22.5 Å². The molecule has 2 saturated carbocycles. The Balaban J connectivity index is 0.000000182. The second kappa shape index (κ2) is 18.3. The number of pyridine rings is 2. The minimum atomic E-state index is -2.94. The van der Waals surface area contributed by atoms with Gasteiger partial charge in [0.2, 0.25) is 11.8 Å². The molecule has 2 amide bonds. The SMILES string of the molecule is NC(=O)c1ncc(N[C@@H]2CCCC(F)(F)[C@@H]2N)cc1Nc1cc(-c2ccccc2)no1.NC(=O)c1ncc(N[C@@H]2CCCC[C@@H]2N)cc1Nc1cc(-c2ccccc2)no1. The molecule has 4 atom stereocenters. The molecule has 0 bridgehead atoms. The molecule has 0 spiro atoms. The number of carbonyl (C=O) groups is 2. The summed E-state index contributed by atoms with van der Waals surface area (Å²) in [7, 11) is 0. The van der Waals surface area contributed by atoms with Gasteiger partial charge >= 0.3 is 0 Å². The maximum atomic E-state index is 14.0. The van der Waals surface area contributed by atoms with Gasteiger partial charge in [-0.3, -0.25) is 9.59 Å². The Hall–Kier alpha value is -6.92. The van der Waals surface area contributed by atoms with Crippen LogP contribution in [0.15, 0.2) is 106 Å². The van der Waals surface area contributed by atoms with Crippen molar-refractivity contribution in [3.63, 3.8) is 0 Å². The fourth-order valence-corrected chi connectivity index (χ4v) is 7.22. The van der Waals surface area contributed by atoms with Crippen LogP contribution in [-0.2, 0) is 0 Å². The van der Waals surface area contributed by atoms with Crippen LogP contribution >= 0.6 is 0 Å². The number of anilines is 6. The van der Waals surface area contributed by atoms with Crippen LogP contribution < -0.4 is 44.2 Å². The number of hydrogen-bond donors (Lipinski definition) is 8. The quantitative estimate of drug-likeness (QED) is 0.0634. The van der Waals surface area contributed by atoms with Crippen LogP contribution in [0.3, 0.4) is 0 Å². The summed E-state index contributed by atoms with van der Waals surface area (Å²) in [6, 6.07) is 24.2. The minimum absolute atomic E-state index is 0.0264. The van der Waals surface area contributed by atoms with Gasteiger partial charge in [-0.05, 0) is 37.8 Å². The first-order valence-electron chi connectivity index (χ1n) is 19.5. The minimum Gasteiger partial charge on any atom is -0.379 e. The molecule has 0 unspecified atom stereocenters. The first-order chi connectivity index (χ1) is 28.9. The van der Waals surface area contributed by atoms with Gasteiger partial charge in [0.05, 0.1) is 41.2 Å². The molecule has 4 heterocycles. The topological polar surface area (TPSA) is 264 Å². The highest BCUT2D eigenvalue weighted by Gasteiger charge is 2.44. The molecule has 2 aliphatic rings. The van der Waals surface area contributed by atoms with E-state index >= 15 is 0 Å². The summed E-state index contributed by atoms with van der Waals surface area (Å²) < 4.78 is 38.6. The third kappa shape index (κ3) is 10.0. The summed E-state index contributed by atoms with van der Waals surface area (Å²) in [4.78, 5) is 31.9. The average molecular weight is 821 g/mol. The van der Waals surface area contributed by atoms with Gasteiger partial charge in [-0.1, -0.05) is 83.8 Å². The van der Waals surface area contributed by atoms with E-state index in [1.54, 1.807) is 30.5 Å². The van der Waals surface area contributed by atoms with E-state index in [4.69, 9.17) is 32.0 Å². The number of rotatable bonds is 12. The molecular weight excluding hydrogens is 775 g/mol. The van der Waals surface area contributed by atoms with E-state index in [-0.39, 0.29) is 41.5 Å². The van der Waals surface area contributed by atoms with E-state index in [0.717, 1.165) is 42.5 Å². The van der Waals surface area contributed by atoms with Crippen LogP contribution in [0.5, 0.6) is 0 Å². The third-order valence-electron chi connectivity index (χ3n) is 10.4. The fourth-order valence-electron chi connectivity index (χ4n) is 7.22. The summed E-state index contributed by atoms with van der Waals surface area (Å²) in [5.74, 6) is -3.67. The van der Waals surface area contributed by atoms with E-state index in [0.29, 0.717) is 41.5 Å². The van der Waals surface area contributed by atoms with Crippen molar-refractivity contribution in [1.29, 1.82) is 0 Å². The Labute approximate surface area is 343 Å². The standard InChI is InChI=1S/C21H22F2N6O2.C21H24N6O2/c22-21(23)8-4-7-14(19(21)24)27-13-9-16(18(20(25)30)26-11-13)28-17-10-15(29-31-17)12-5-2-1-3-6-12;22-15-8-4-5-9-16(15)25-14-10-18(20(21(23)28)24-12-14)26-19-11-17(27-29-19)13-6-2-1-3-7-13/h1-3,5-6,9-11,14,19,27-28H,4,7-8,24H2,(H2,25,30);1-3,6-7,10-12,15-16,25-26H,4-5,8-9,22H2,(H2,23,28)/t14-,19-;15-,16+/m10/s1. The van der Waals surface area contributed by atoms with Crippen molar-refractivity contribution in [1.82, 2.24) is 20.3 Å². The van der Waals surface area contributed by atoms with Gasteiger partial charge in [0.25, 0.3) is 17.7 Å².